The maximum atomic E-state index is 12.1. The molecule has 0 saturated carbocycles. The molecule has 27 heavy (non-hydrogen) atoms. The molecule has 1 amide bonds. The summed E-state index contributed by atoms with van der Waals surface area (Å²) in [5, 5.41) is 2.79. The highest BCUT2D eigenvalue weighted by Gasteiger charge is 2.16. The maximum Gasteiger partial charge on any atom is 0.411 e. The molecule has 1 fully saturated rings. The van der Waals surface area contributed by atoms with E-state index >= 15 is 0 Å². The normalized spacial score (nSPS) is 15.9. The van der Waals surface area contributed by atoms with Gasteiger partial charge in [0.1, 0.15) is 11.9 Å². The molecule has 1 aliphatic heterocycles. The van der Waals surface area contributed by atoms with E-state index in [9.17, 15) is 4.79 Å². The van der Waals surface area contributed by atoms with Gasteiger partial charge in [0, 0.05) is 12.2 Å². The molecule has 5 nitrogen and oxygen atoms in total. The van der Waals surface area contributed by atoms with Crippen molar-refractivity contribution >= 4 is 11.8 Å². The van der Waals surface area contributed by atoms with Crippen LogP contribution in [0.25, 0.3) is 0 Å². The van der Waals surface area contributed by atoms with Crippen LogP contribution >= 0.6 is 0 Å². The second-order valence-corrected chi connectivity index (χ2v) is 7.49. The zero-order valence-electron chi connectivity index (χ0n) is 17.0. The van der Waals surface area contributed by atoms with Gasteiger partial charge in [-0.05, 0) is 63.5 Å². The minimum atomic E-state index is -0.399. The molecule has 0 radical (unpaired) electrons. The second kappa shape index (κ2) is 12.6. The lowest BCUT2D eigenvalue weighted by Crippen LogP contribution is -2.37. The fraction of sp³-hybridized carbons (Fsp3) is 0.682. The van der Waals surface area contributed by atoms with E-state index in [-0.39, 0.29) is 6.10 Å². The monoisotopic (exact) mass is 376 g/mol. The molecular weight excluding hydrogens is 340 g/mol. The molecule has 0 aromatic heterocycles. The van der Waals surface area contributed by atoms with Gasteiger partial charge in [0.2, 0.25) is 0 Å². The summed E-state index contributed by atoms with van der Waals surface area (Å²) in [7, 11) is 0. The molecule has 5 heteroatoms. The summed E-state index contributed by atoms with van der Waals surface area (Å²) < 4.78 is 11.2. The van der Waals surface area contributed by atoms with Crippen molar-refractivity contribution in [2.75, 3.05) is 31.6 Å². The molecule has 2 rings (SSSR count). The molecular formula is C22H36N2O3. The van der Waals surface area contributed by atoms with Crippen molar-refractivity contribution in [3.63, 3.8) is 0 Å². The van der Waals surface area contributed by atoms with Crippen LogP contribution in [-0.2, 0) is 4.74 Å². The summed E-state index contributed by atoms with van der Waals surface area (Å²) in [4.78, 5) is 14.4. The minimum Gasteiger partial charge on any atom is -0.494 e. The fourth-order valence-electron chi connectivity index (χ4n) is 3.40. The molecule has 1 aliphatic rings. The molecule has 152 valence electrons. The SMILES string of the molecule is CCCCCCCOc1ccc(NC(=O)OC(C)CN2CCCCC2)cc1. The van der Waals surface area contributed by atoms with Crippen LogP contribution in [0.1, 0.15) is 65.2 Å². The summed E-state index contributed by atoms with van der Waals surface area (Å²) in [6, 6.07) is 7.48. The van der Waals surface area contributed by atoms with E-state index in [2.05, 4.69) is 17.1 Å². The van der Waals surface area contributed by atoms with Crippen molar-refractivity contribution in [2.45, 2.75) is 71.3 Å². The van der Waals surface area contributed by atoms with Crippen LogP contribution in [0, 0.1) is 0 Å². The highest BCUT2D eigenvalue weighted by molar-refractivity contribution is 5.84. The second-order valence-electron chi connectivity index (χ2n) is 7.49. The smallest absolute Gasteiger partial charge is 0.411 e. The molecule has 0 spiro atoms. The summed E-state index contributed by atoms with van der Waals surface area (Å²) in [6.07, 6.45) is 9.42. The van der Waals surface area contributed by atoms with E-state index < -0.39 is 6.09 Å². The molecule has 0 bridgehead atoms. The first-order chi connectivity index (χ1) is 13.2. The van der Waals surface area contributed by atoms with Crippen LogP contribution in [0.2, 0.25) is 0 Å². The fourth-order valence-corrected chi connectivity index (χ4v) is 3.40. The average molecular weight is 377 g/mol. The summed E-state index contributed by atoms with van der Waals surface area (Å²) in [6.45, 7) is 7.93. The lowest BCUT2D eigenvalue weighted by Gasteiger charge is -2.28. The van der Waals surface area contributed by atoms with Crippen molar-refractivity contribution in [3.05, 3.63) is 24.3 Å². The Labute approximate surface area is 164 Å². The van der Waals surface area contributed by atoms with Crippen LogP contribution in [0.5, 0.6) is 5.75 Å². The summed E-state index contributed by atoms with van der Waals surface area (Å²) >= 11 is 0. The predicted molar refractivity (Wildman–Crippen MR) is 111 cm³/mol. The Hall–Kier alpha value is -1.75. The van der Waals surface area contributed by atoms with E-state index in [0.717, 1.165) is 44.1 Å². The van der Waals surface area contributed by atoms with Gasteiger partial charge in [0.05, 0.1) is 6.61 Å². The Morgan fingerprint density at radius 2 is 1.78 bits per heavy atom. The first kappa shape index (κ1) is 21.5. The molecule has 1 unspecified atom stereocenters. The van der Waals surface area contributed by atoms with E-state index in [1.807, 2.05) is 31.2 Å². The lowest BCUT2D eigenvalue weighted by molar-refractivity contribution is 0.0833. The summed E-state index contributed by atoms with van der Waals surface area (Å²) in [5.74, 6) is 0.836. The Morgan fingerprint density at radius 1 is 1.07 bits per heavy atom. The molecule has 1 atom stereocenters. The number of carbonyl (C=O) groups is 1. The number of hydrogen-bond donors (Lipinski definition) is 1. The quantitative estimate of drug-likeness (QED) is 0.521. The number of unbranched alkanes of at least 4 members (excludes halogenated alkanes) is 4. The van der Waals surface area contributed by atoms with Crippen molar-refractivity contribution in [3.8, 4) is 5.75 Å². The van der Waals surface area contributed by atoms with Gasteiger partial charge in [0.25, 0.3) is 0 Å². The molecule has 1 aromatic rings. The number of benzene rings is 1. The number of ether oxygens (including phenoxy) is 2. The van der Waals surface area contributed by atoms with Crippen molar-refractivity contribution in [1.82, 2.24) is 4.90 Å². The number of anilines is 1. The van der Waals surface area contributed by atoms with Gasteiger partial charge in [-0.2, -0.15) is 0 Å². The largest absolute Gasteiger partial charge is 0.494 e. The van der Waals surface area contributed by atoms with Gasteiger partial charge in [-0.25, -0.2) is 4.79 Å². The third-order valence-electron chi connectivity index (χ3n) is 4.89. The number of piperidine rings is 1. The van der Waals surface area contributed by atoms with Crippen LogP contribution < -0.4 is 10.1 Å². The van der Waals surface area contributed by atoms with Gasteiger partial charge in [-0.1, -0.05) is 39.0 Å². The lowest BCUT2D eigenvalue weighted by atomic mass is 10.1. The third kappa shape index (κ3) is 9.14. The number of nitrogens with one attached hydrogen (secondary N) is 1. The van der Waals surface area contributed by atoms with Gasteiger partial charge < -0.3 is 9.47 Å². The van der Waals surface area contributed by atoms with Gasteiger partial charge in [0.15, 0.2) is 0 Å². The predicted octanol–water partition coefficient (Wildman–Crippen LogP) is 5.46. The Kier molecular flexibility index (Phi) is 10.1. The third-order valence-corrected chi connectivity index (χ3v) is 4.89. The maximum absolute atomic E-state index is 12.1. The van der Waals surface area contributed by atoms with Gasteiger partial charge in [-0.15, -0.1) is 0 Å². The first-order valence-electron chi connectivity index (χ1n) is 10.6. The molecule has 1 saturated heterocycles. The van der Waals surface area contributed by atoms with Gasteiger partial charge >= 0.3 is 6.09 Å². The van der Waals surface area contributed by atoms with Crippen molar-refractivity contribution in [2.24, 2.45) is 0 Å². The zero-order chi connectivity index (χ0) is 19.3. The van der Waals surface area contributed by atoms with E-state index in [4.69, 9.17) is 9.47 Å². The molecule has 1 heterocycles. The number of hydrogen-bond acceptors (Lipinski definition) is 4. The first-order valence-corrected chi connectivity index (χ1v) is 10.6. The number of carbonyl (C=O) groups excluding carboxylic acids is 1. The van der Waals surface area contributed by atoms with Gasteiger partial charge in [-0.3, -0.25) is 10.2 Å². The Balaban J connectivity index is 1.63. The van der Waals surface area contributed by atoms with Crippen molar-refractivity contribution < 1.29 is 14.3 Å². The number of rotatable bonds is 11. The van der Waals surface area contributed by atoms with E-state index in [1.165, 1.54) is 44.9 Å². The van der Waals surface area contributed by atoms with E-state index in [0.29, 0.717) is 0 Å². The minimum absolute atomic E-state index is 0.113. The van der Waals surface area contributed by atoms with Crippen LogP contribution in [0.4, 0.5) is 10.5 Å². The number of likely N-dealkylation sites (tertiary alicyclic amines) is 1. The molecule has 1 aromatic carbocycles. The van der Waals surface area contributed by atoms with Crippen LogP contribution in [0.3, 0.4) is 0 Å². The molecule has 0 aliphatic carbocycles. The number of nitrogens with zero attached hydrogens (tertiary/aromatic N) is 1. The highest BCUT2D eigenvalue weighted by atomic mass is 16.6. The zero-order valence-corrected chi connectivity index (χ0v) is 17.0. The standard InChI is InChI=1S/C22H36N2O3/c1-3-4-5-6-10-17-26-21-13-11-20(12-14-21)23-22(25)27-19(2)18-24-15-8-7-9-16-24/h11-14,19H,3-10,15-18H2,1-2H3,(H,23,25). The van der Waals surface area contributed by atoms with Crippen LogP contribution in [-0.4, -0.2) is 43.3 Å². The average Bonchev–Trinajstić information content (AvgIpc) is 2.66. The summed E-state index contributed by atoms with van der Waals surface area (Å²) in [5.41, 5.74) is 0.723. The molecule has 1 N–H and O–H groups in total. The van der Waals surface area contributed by atoms with E-state index in [1.54, 1.807) is 0 Å². The topological polar surface area (TPSA) is 50.8 Å². The Morgan fingerprint density at radius 3 is 2.48 bits per heavy atom. The van der Waals surface area contributed by atoms with Crippen LogP contribution in [0.15, 0.2) is 24.3 Å². The number of amides is 1. The highest BCUT2D eigenvalue weighted by Crippen LogP contribution is 2.17. The Bertz CT molecular complexity index is 527. The van der Waals surface area contributed by atoms with Crippen molar-refractivity contribution in [1.29, 1.82) is 0 Å².